The number of sulfonamides is 1. The molecule has 1 N–H and O–H groups in total. The molecule has 1 amide bonds. The number of rotatable bonds is 6. The Hall–Kier alpha value is -1.40. The van der Waals surface area contributed by atoms with Gasteiger partial charge in [-0.2, -0.15) is 0 Å². The van der Waals surface area contributed by atoms with E-state index in [0.717, 1.165) is 36.8 Å². The molecule has 0 saturated heterocycles. The summed E-state index contributed by atoms with van der Waals surface area (Å²) in [5.41, 5.74) is 1.63. The molecule has 1 aliphatic rings. The third-order valence-corrected chi connectivity index (χ3v) is 6.05. The fraction of sp³-hybridized carbons (Fsp3) is 0.588. The number of hydrogen-bond acceptors (Lipinski definition) is 3. The van der Waals surface area contributed by atoms with Gasteiger partial charge in [0.25, 0.3) is 0 Å². The molecule has 1 saturated carbocycles. The van der Waals surface area contributed by atoms with Crippen molar-refractivity contribution in [2.75, 3.05) is 13.1 Å². The second-order valence-electron chi connectivity index (χ2n) is 6.32. The van der Waals surface area contributed by atoms with E-state index in [4.69, 9.17) is 0 Å². The van der Waals surface area contributed by atoms with Gasteiger partial charge in [0.05, 0.1) is 4.90 Å². The van der Waals surface area contributed by atoms with Crippen molar-refractivity contribution >= 4 is 15.9 Å². The quantitative estimate of drug-likeness (QED) is 0.866. The highest BCUT2D eigenvalue weighted by Gasteiger charge is 2.25. The first kappa shape index (κ1) is 17.9. The monoisotopic (exact) mass is 338 g/mol. The Morgan fingerprint density at radius 1 is 1.26 bits per heavy atom. The highest BCUT2D eigenvalue weighted by atomic mass is 32.2. The highest BCUT2D eigenvalue weighted by Crippen LogP contribution is 2.23. The Morgan fingerprint density at radius 3 is 2.52 bits per heavy atom. The van der Waals surface area contributed by atoms with E-state index in [1.807, 2.05) is 19.1 Å². The van der Waals surface area contributed by atoms with Crippen LogP contribution in [0.5, 0.6) is 0 Å². The van der Waals surface area contributed by atoms with Gasteiger partial charge in [-0.05, 0) is 43.9 Å². The highest BCUT2D eigenvalue weighted by molar-refractivity contribution is 7.89. The first-order chi connectivity index (χ1) is 10.8. The molecule has 0 aromatic heterocycles. The average Bonchev–Trinajstić information content (AvgIpc) is 2.99. The zero-order chi connectivity index (χ0) is 17.0. The Balaban J connectivity index is 2.01. The molecule has 0 aliphatic heterocycles. The van der Waals surface area contributed by atoms with Crippen LogP contribution < -0.4 is 4.72 Å². The van der Waals surface area contributed by atoms with Crippen LogP contribution in [0.1, 0.15) is 43.7 Å². The van der Waals surface area contributed by atoms with Gasteiger partial charge in [0.1, 0.15) is 0 Å². The van der Waals surface area contributed by atoms with Crippen LogP contribution in [0, 0.1) is 13.8 Å². The molecule has 0 spiro atoms. The number of nitrogens with zero attached hydrogens (tertiary/aromatic N) is 1. The minimum atomic E-state index is -3.55. The van der Waals surface area contributed by atoms with Crippen LogP contribution in [0.25, 0.3) is 0 Å². The molecule has 0 radical (unpaired) electrons. The molecule has 0 bridgehead atoms. The summed E-state index contributed by atoms with van der Waals surface area (Å²) in [5, 5.41) is 0. The molecule has 23 heavy (non-hydrogen) atoms. The van der Waals surface area contributed by atoms with E-state index in [0.29, 0.717) is 11.4 Å². The summed E-state index contributed by atoms with van der Waals surface area (Å²) < 4.78 is 27.6. The second kappa shape index (κ2) is 7.45. The molecule has 1 aliphatic carbocycles. The lowest BCUT2D eigenvalue weighted by molar-refractivity contribution is -0.130. The van der Waals surface area contributed by atoms with E-state index < -0.39 is 10.0 Å². The largest absolute Gasteiger partial charge is 0.339 e. The van der Waals surface area contributed by atoms with Crippen LogP contribution in [0.2, 0.25) is 0 Å². The Kier molecular flexibility index (Phi) is 5.81. The number of hydrogen-bond donors (Lipinski definition) is 1. The maximum Gasteiger partial charge on any atom is 0.240 e. The standard InChI is InChI=1S/C17H26N2O3S/c1-13-8-9-14(2)17(12-13)23(21,22)18-10-11-19(15(3)20)16-6-4-5-7-16/h8-9,12,16,18H,4-7,10-11H2,1-3H3. The number of nitrogens with one attached hydrogen (secondary N) is 1. The van der Waals surface area contributed by atoms with Gasteiger partial charge in [-0.15, -0.1) is 0 Å². The minimum Gasteiger partial charge on any atom is -0.339 e. The van der Waals surface area contributed by atoms with Gasteiger partial charge < -0.3 is 4.90 Å². The van der Waals surface area contributed by atoms with E-state index in [2.05, 4.69) is 4.72 Å². The van der Waals surface area contributed by atoms with Crippen LogP contribution in [-0.4, -0.2) is 38.4 Å². The molecule has 0 unspecified atom stereocenters. The summed E-state index contributed by atoms with van der Waals surface area (Å²) >= 11 is 0. The van der Waals surface area contributed by atoms with Gasteiger partial charge in [-0.1, -0.05) is 25.0 Å². The van der Waals surface area contributed by atoms with Crippen LogP contribution >= 0.6 is 0 Å². The molecule has 0 atom stereocenters. The van der Waals surface area contributed by atoms with E-state index in [9.17, 15) is 13.2 Å². The van der Waals surface area contributed by atoms with Crippen molar-refractivity contribution in [2.24, 2.45) is 0 Å². The smallest absolute Gasteiger partial charge is 0.240 e. The van der Waals surface area contributed by atoms with Gasteiger partial charge in [0, 0.05) is 26.1 Å². The maximum atomic E-state index is 12.5. The molecule has 1 aromatic carbocycles. The SMILES string of the molecule is CC(=O)N(CCNS(=O)(=O)c1cc(C)ccc1C)C1CCCC1. The molecule has 6 heteroatoms. The van der Waals surface area contributed by atoms with Crippen LogP contribution in [0.3, 0.4) is 0 Å². The normalized spacial score (nSPS) is 15.8. The summed E-state index contributed by atoms with van der Waals surface area (Å²) in [5.74, 6) is 0.0165. The lowest BCUT2D eigenvalue weighted by atomic mass is 10.2. The average molecular weight is 338 g/mol. The predicted octanol–water partition coefficient (Wildman–Crippen LogP) is 2.37. The van der Waals surface area contributed by atoms with Crippen molar-refractivity contribution in [3.63, 3.8) is 0 Å². The zero-order valence-electron chi connectivity index (χ0n) is 14.1. The molecule has 5 nitrogen and oxygen atoms in total. The van der Waals surface area contributed by atoms with Crippen molar-refractivity contribution in [3.8, 4) is 0 Å². The number of carbonyl (C=O) groups is 1. The number of carbonyl (C=O) groups excluding carboxylic acids is 1. The third-order valence-electron chi connectivity index (χ3n) is 4.45. The molecular formula is C17H26N2O3S. The molecule has 0 heterocycles. The van der Waals surface area contributed by atoms with Gasteiger partial charge in [0.15, 0.2) is 0 Å². The first-order valence-electron chi connectivity index (χ1n) is 8.15. The molecule has 2 rings (SSSR count). The number of aryl methyl sites for hydroxylation is 2. The predicted molar refractivity (Wildman–Crippen MR) is 90.7 cm³/mol. The van der Waals surface area contributed by atoms with E-state index in [1.54, 1.807) is 24.8 Å². The third kappa shape index (κ3) is 4.54. The molecular weight excluding hydrogens is 312 g/mol. The van der Waals surface area contributed by atoms with Crippen molar-refractivity contribution in [1.82, 2.24) is 9.62 Å². The fourth-order valence-electron chi connectivity index (χ4n) is 3.19. The van der Waals surface area contributed by atoms with Crippen LogP contribution in [-0.2, 0) is 14.8 Å². The summed E-state index contributed by atoms with van der Waals surface area (Å²) in [6.45, 7) is 5.87. The van der Waals surface area contributed by atoms with E-state index in [-0.39, 0.29) is 18.5 Å². The number of benzene rings is 1. The Bertz CT molecular complexity index is 664. The summed E-state index contributed by atoms with van der Waals surface area (Å²) in [6, 6.07) is 5.64. The van der Waals surface area contributed by atoms with Gasteiger partial charge >= 0.3 is 0 Å². The fourth-order valence-corrected chi connectivity index (χ4v) is 4.54. The van der Waals surface area contributed by atoms with Gasteiger partial charge in [0.2, 0.25) is 15.9 Å². The zero-order valence-corrected chi connectivity index (χ0v) is 14.9. The van der Waals surface area contributed by atoms with E-state index >= 15 is 0 Å². The van der Waals surface area contributed by atoms with Crippen molar-refractivity contribution < 1.29 is 13.2 Å². The summed E-state index contributed by atoms with van der Waals surface area (Å²) in [4.78, 5) is 13.9. The maximum absolute atomic E-state index is 12.5. The lowest BCUT2D eigenvalue weighted by Gasteiger charge is -2.28. The molecule has 1 aromatic rings. The van der Waals surface area contributed by atoms with E-state index in [1.165, 1.54) is 0 Å². The lowest BCUT2D eigenvalue weighted by Crippen LogP contribution is -2.42. The minimum absolute atomic E-state index is 0.0165. The Labute approximate surface area is 139 Å². The summed E-state index contributed by atoms with van der Waals surface area (Å²) in [7, 11) is -3.55. The topological polar surface area (TPSA) is 66.5 Å². The van der Waals surface area contributed by atoms with Gasteiger partial charge in [-0.25, -0.2) is 13.1 Å². The number of amides is 1. The summed E-state index contributed by atoms with van der Waals surface area (Å²) in [6.07, 6.45) is 4.32. The van der Waals surface area contributed by atoms with Crippen molar-refractivity contribution in [2.45, 2.75) is 57.4 Å². The van der Waals surface area contributed by atoms with Crippen LogP contribution in [0.4, 0.5) is 0 Å². The van der Waals surface area contributed by atoms with Gasteiger partial charge in [-0.3, -0.25) is 4.79 Å². The Morgan fingerprint density at radius 2 is 1.91 bits per heavy atom. The van der Waals surface area contributed by atoms with Crippen molar-refractivity contribution in [1.29, 1.82) is 0 Å². The van der Waals surface area contributed by atoms with Crippen LogP contribution in [0.15, 0.2) is 23.1 Å². The first-order valence-corrected chi connectivity index (χ1v) is 9.63. The van der Waals surface area contributed by atoms with Crippen molar-refractivity contribution in [3.05, 3.63) is 29.3 Å². The molecule has 1 fully saturated rings. The molecule has 128 valence electrons. The second-order valence-corrected chi connectivity index (χ2v) is 8.05.